The van der Waals surface area contributed by atoms with Crippen LogP contribution in [0.5, 0.6) is 5.75 Å². The van der Waals surface area contributed by atoms with E-state index in [1.165, 1.54) is 23.1 Å². The van der Waals surface area contributed by atoms with Gasteiger partial charge in [0.15, 0.2) is 0 Å². The van der Waals surface area contributed by atoms with E-state index in [0.29, 0.717) is 29.2 Å². The number of anilines is 1. The van der Waals surface area contributed by atoms with Gasteiger partial charge in [-0.15, -0.1) is 0 Å². The minimum absolute atomic E-state index is 0.0855. The van der Waals surface area contributed by atoms with Gasteiger partial charge in [-0.1, -0.05) is 74.7 Å². The molecule has 35 heavy (non-hydrogen) atoms. The highest BCUT2D eigenvalue weighted by Gasteiger charge is 2.47. The first-order valence-corrected chi connectivity index (χ1v) is 11.9. The Kier molecular flexibility index (Phi) is 7.60. The Morgan fingerprint density at radius 2 is 1.71 bits per heavy atom. The van der Waals surface area contributed by atoms with Crippen molar-refractivity contribution in [3.8, 4) is 5.75 Å². The van der Waals surface area contributed by atoms with Crippen LogP contribution in [0.4, 0.5) is 10.1 Å². The van der Waals surface area contributed by atoms with Crippen LogP contribution in [0.25, 0.3) is 5.76 Å². The van der Waals surface area contributed by atoms with Crippen LogP contribution in [-0.2, 0) is 9.59 Å². The van der Waals surface area contributed by atoms with Crippen LogP contribution in [0.15, 0.2) is 84.4 Å². The average Bonchev–Trinajstić information content (AvgIpc) is 3.14. The molecule has 5 nitrogen and oxygen atoms in total. The molecule has 1 fully saturated rings. The summed E-state index contributed by atoms with van der Waals surface area (Å²) in [4.78, 5) is 27.8. The van der Waals surface area contributed by atoms with E-state index in [1.54, 1.807) is 60.7 Å². The Bertz CT molecular complexity index is 1240. The van der Waals surface area contributed by atoms with Crippen LogP contribution in [0.3, 0.4) is 0 Å². The molecule has 6 heteroatoms. The van der Waals surface area contributed by atoms with E-state index < -0.39 is 23.5 Å². The largest absolute Gasteiger partial charge is 0.507 e. The van der Waals surface area contributed by atoms with E-state index in [-0.39, 0.29) is 11.3 Å². The standard InChI is InChI=1S/C29H28FNO4/c1-2-3-4-8-17-35-24-16-10-15-23(19-24)31-26(21-13-9-14-22(30)18-21)25(28(33)29(31)34)27(32)20-11-6-5-7-12-20/h5-7,9-16,18-19,26,32H,2-4,8,17H2,1H3/t26-/m0/s1. The van der Waals surface area contributed by atoms with Crippen molar-refractivity contribution in [2.45, 2.75) is 38.6 Å². The Morgan fingerprint density at radius 1 is 0.943 bits per heavy atom. The summed E-state index contributed by atoms with van der Waals surface area (Å²) in [6, 6.07) is 20.2. The fraction of sp³-hybridized carbons (Fsp3) is 0.241. The highest BCUT2D eigenvalue weighted by Crippen LogP contribution is 2.42. The number of ketones is 1. The molecule has 1 aliphatic heterocycles. The lowest BCUT2D eigenvalue weighted by Crippen LogP contribution is -2.29. The quantitative estimate of drug-likeness (QED) is 0.169. The molecule has 4 rings (SSSR count). The van der Waals surface area contributed by atoms with Gasteiger partial charge in [-0.25, -0.2) is 4.39 Å². The smallest absolute Gasteiger partial charge is 0.300 e. The first-order chi connectivity index (χ1) is 17.0. The van der Waals surface area contributed by atoms with Gasteiger partial charge in [-0.3, -0.25) is 14.5 Å². The normalized spacial score (nSPS) is 17.1. The molecule has 0 aliphatic carbocycles. The number of rotatable bonds is 9. The summed E-state index contributed by atoms with van der Waals surface area (Å²) in [6.07, 6.45) is 4.27. The van der Waals surface area contributed by atoms with E-state index in [1.807, 2.05) is 0 Å². The first-order valence-electron chi connectivity index (χ1n) is 11.9. The molecule has 1 amide bonds. The lowest BCUT2D eigenvalue weighted by atomic mass is 9.95. The third-order valence-electron chi connectivity index (χ3n) is 6.02. The van der Waals surface area contributed by atoms with Gasteiger partial charge in [0.05, 0.1) is 18.2 Å². The van der Waals surface area contributed by atoms with Crippen molar-refractivity contribution in [1.29, 1.82) is 0 Å². The Balaban J connectivity index is 1.75. The first kappa shape index (κ1) is 24.2. The second kappa shape index (κ2) is 11.0. The third-order valence-corrected chi connectivity index (χ3v) is 6.02. The number of carbonyl (C=O) groups is 2. The number of benzene rings is 3. The molecule has 1 atom stereocenters. The summed E-state index contributed by atoms with van der Waals surface area (Å²) in [5.74, 6) is -1.86. The SMILES string of the molecule is CCCCCCOc1cccc(N2C(=O)C(=O)C(=C(O)c3ccccc3)[C@@H]2c2cccc(F)c2)c1. The van der Waals surface area contributed by atoms with Crippen molar-refractivity contribution in [3.63, 3.8) is 0 Å². The molecule has 180 valence electrons. The van der Waals surface area contributed by atoms with Gasteiger partial charge in [0.1, 0.15) is 17.3 Å². The second-order valence-electron chi connectivity index (χ2n) is 8.50. The molecule has 3 aromatic rings. The minimum atomic E-state index is -0.995. The van der Waals surface area contributed by atoms with Crippen molar-refractivity contribution >= 4 is 23.1 Å². The predicted molar refractivity (Wildman–Crippen MR) is 134 cm³/mol. The fourth-order valence-electron chi connectivity index (χ4n) is 4.28. The maximum atomic E-state index is 14.2. The lowest BCUT2D eigenvalue weighted by Gasteiger charge is -2.26. The van der Waals surface area contributed by atoms with Gasteiger partial charge < -0.3 is 9.84 Å². The Labute approximate surface area is 204 Å². The zero-order valence-corrected chi connectivity index (χ0v) is 19.6. The predicted octanol–water partition coefficient (Wildman–Crippen LogP) is 6.41. The van der Waals surface area contributed by atoms with Crippen LogP contribution in [0, 0.1) is 5.82 Å². The van der Waals surface area contributed by atoms with E-state index in [4.69, 9.17) is 4.74 Å². The fourth-order valence-corrected chi connectivity index (χ4v) is 4.28. The van der Waals surface area contributed by atoms with Gasteiger partial charge >= 0.3 is 0 Å². The number of ether oxygens (including phenoxy) is 1. The molecule has 1 heterocycles. The van der Waals surface area contributed by atoms with E-state index in [0.717, 1.165) is 25.7 Å². The zero-order chi connectivity index (χ0) is 24.8. The van der Waals surface area contributed by atoms with Gasteiger partial charge in [0.2, 0.25) is 0 Å². The molecule has 0 spiro atoms. The summed E-state index contributed by atoms with van der Waals surface area (Å²) in [5, 5.41) is 11.1. The molecule has 1 aliphatic rings. The maximum Gasteiger partial charge on any atom is 0.300 e. The molecule has 1 saturated heterocycles. The van der Waals surface area contributed by atoms with Crippen LogP contribution < -0.4 is 9.64 Å². The molecule has 1 N–H and O–H groups in total. The number of hydrogen-bond donors (Lipinski definition) is 1. The number of carbonyl (C=O) groups excluding carboxylic acids is 2. The van der Waals surface area contributed by atoms with Crippen LogP contribution >= 0.6 is 0 Å². The van der Waals surface area contributed by atoms with Gasteiger partial charge in [-0.05, 0) is 36.2 Å². The monoisotopic (exact) mass is 473 g/mol. The molecule has 0 bridgehead atoms. The topological polar surface area (TPSA) is 66.8 Å². The summed E-state index contributed by atoms with van der Waals surface area (Å²) in [7, 11) is 0. The number of nitrogens with zero attached hydrogens (tertiary/aromatic N) is 1. The van der Waals surface area contributed by atoms with Crippen molar-refractivity contribution in [3.05, 3.63) is 101 Å². The van der Waals surface area contributed by atoms with Crippen LogP contribution in [0.2, 0.25) is 0 Å². The van der Waals surface area contributed by atoms with Crippen LogP contribution in [-0.4, -0.2) is 23.4 Å². The molecular weight excluding hydrogens is 445 g/mol. The molecular formula is C29H28FNO4. The van der Waals surface area contributed by atoms with Gasteiger partial charge in [0, 0.05) is 17.3 Å². The lowest BCUT2D eigenvalue weighted by molar-refractivity contribution is -0.132. The van der Waals surface area contributed by atoms with Gasteiger partial charge in [0.25, 0.3) is 11.7 Å². The molecule has 0 unspecified atom stereocenters. The van der Waals surface area contributed by atoms with E-state index >= 15 is 0 Å². The number of unbranched alkanes of at least 4 members (excludes halogenated alkanes) is 3. The minimum Gasteiger partial charge on any atom is -0.507 e. The second-order valence-corrected chi connectivity index (χ2v) is 8.50. The van der Waals surface area contributed by atoms with Crippen LogP contribution in [0.1, 0.15) is 49.8 Å². The van der Waals surface area contributed by atoms with Crippen molar-refractivity contribution < 1.29 is 23.8 Å². The Hall–Kier alpha value is -3.93. The molecule has 0 saturated carbocycles. The average molecular weight is 474 g/mol. The Morgan fingerprint density at radius 3 is 2.46 bits per heavy atom. The number of Topliss-reactive ketones (excluding diaryl/α,β-unsaturated/α-hetero) is 1. The number of hydrogen-bond acceptors (Lipinski definition) is 4. The zero-order valence-electron chi connectivity index (χ0n) is 19.6. The summed E-state index contributed by atoms with van der Waals surface area (Å²) < 4.78 is 20.1. The summed E-state index contributed by atoms with van der Waals surface area (Å²) >= 11 is 0. The number of aliphatic hydroxyl groups excluding tert-OH is 1. The molecule has 3 aromatic carbocycles. The van der Waals surface area contributed by atoms with Gasteiger partial charge in [-0.2, -0.15) is 0 Å². The molecule has 0 radical (unpaired) electrons. The highest BCUT2D eigenvalue weighted by atomic mass is 19.1. The molecule has 0 aromatic heterocycles. The van der Waals surface area contributed by atoms with E-state index in [2.05, 4.69) is 6.92 Å². The van der Waals surface area contributed by atoms with Crippen molar-refractivity contribution in [2.75, 3.05) is 11.5 Å². The highest BCUT2D eigenvalue weighted by molar-refractivity contribution is 6.51. The van der Waals surface area contributed by atoms with Crippen molar-refractivity contribution in [2.24, 2.45) is 0 Å². The number of aliphatic hydroxyl groups is 1. The third kappa shape index (κ3) is 5.27. The van der Waals surface area contributed by atoms with E-state index in [9.17, 15) is 19.1 Å². The maximum absolute atomic E-state index is 14.2. The summed E-state index contributed by atoms with van der Waals surface area (Å²) in [5.41, 5.74) is 1.13. The number of amides is 1. The number of halogens is 1. The summed E-state index contributed by atoms with van der Waals surface area (Å²) in [6.45, 7) is 2.69. The van der Waals surface area contributed by atoms with Crippen molar-refractivity contribution in [1.82, 2.24) is 0 Å².